The van der Waals surface area contributed by atoms with Crippen molar-refractivity contribution in [1.82, 2.24) is 4.90 Å². The maximum atomic E-state index is 11.9. The molecule has 2 rings (SSSR count). The van der Waals surface area contributed by atoms with E-state index in [0.717, 1.165) is 23.1 Å². The van der Waals surface area contributed by atoms with Gasteiger partial charge in [0.15, 0.2) is 0 Å². The van der Waals surface area contributed by atoms with E-state index in [4.69, 9.17) is 15.2 Å². The van der Waals surface area contributed by atoms with Crippen LogP contribution in [0.4, 0.5) is 9.80 Å². The summed E-state index contributed by atoms with van der Waals surface area (Å²) >= 11 is 2.06. The van der Waals surface area contributed by atoms with Crippen LogP contribution in [-0.2, 0) is 20.9 Å². The van der Waals surface area contributed by atoms with E-state index in [1.54, 1.807) is 6.92 Å². The highest BCUT2D eigenvalue weighted by Crippen LogP contribution is 2.31. The molecule has 8 nitrogen and oxygen atoms in total. The number of thiophene rings is 1. The number of nitrogen functional groups attached to an aromatic ring is 1. The molecule has 0 saturated carbocycles. The lowest BCUT2D eigenvalue weighted by Crippen LogP contribution is -2.30. The zero-order valence-electron chi connectivity index (χ0n) is 12.9. The van der Waals surface area contributed by atoms with Crippen LogP contribution < -0.4 is 5.73 Å². The zero-order chi connectivity index (χ0) is 17.7. The first-order valence-electron chi connectivity index (χ1n) is 7.03. The summed E-state index contributed by atoms with van der Waals surface area (Å²) in [4.78, 5) is 36.8. The van der Waals surface area contributed by atoms with Gasteiger partial charge >= 0.3 is 11.9 Å². The summed E-state index contributed by atoms with van der Waals surface area (Å²) in [6, 6.07) is 1.90. The maximum absolute atomic E-state index is 11.9. The molecule has 1 aromatic heterocycles. The molecule has 128 valence electrons. The van der Waals surface area contributed by atoms with Crippen molar-refractivity contribution >= 4 is 45.3 Å². The SMILES string of the molecule is CCOC(=O)c1sc(N)c(C#N)c1COC(=O)CN1CCSC1=O. The number of hydrogen-bond donors (Lipinski definition) is 1. The van der Waals surface area contributed by atoms with Crippen LogP contribution in [0.3, 0.4) is 0 Å². The van der Waals surface area contributed by atoms with E-state index in [-0.39, 0.29) is 46.0 Å². The lowest BCUT2D eigenvalue weighted by molar-refractivity contribution is -0.145. The number of nitriles is 1. The van der Waals surface area contributed by atoms with E-state index in [0.29, 0.717) is 12.3 Å². The second-order valence-corrected chi connectivity index (χ2v) is 6.78. The van der Waals surface area contributed by atoms with Crippen molar-refractivity contribution in [2.45, 2.75) is 13.5 Å². The molecule has 1 fully saturated rings. The first kappa shape index (κ1) is 18.1. The lowest BCUT2D eigenvalue weighted by atomic mass is 10.1. The number of nitrogens with zero attached hydrogens (tertiary/aromatic N) is 2. The average Bonchev–Trinajstić information content (AvgIpc) is 3.08. The molecule has 0 bridgehead atoms. The Morgan fingerprint density at radius 1 is 1.42 bits per heavy atom. The molecule has 0 radical (unpaired) electrons. The number of ether oxygens (including phenoxy) is 2. The largest absolute Gasteiger partial charge is 0.462 e. The van der Waals surface area contributed by atoms with Gasteiger partial charge in [-0.1, -0.05) is 11.8 Å². The molecule has 1 aromatic rings. The van der Waals surface area contributed by atoms with Crippen LogP contribution in [0.25, 0.3) is 0 Å². The van der Waals surface area contributed by atoms with Gasteiger partial charge in [0.2, 0.25) is 0 Å². The Bertz CT molecular complexity index is 710. The number of rotatable bonds is 6. The second-order valence-electron chi connectivity index (χ2n) is 4.68. The predicted molar refractivity (Wildman–Crippen MR) is 88.6 cm³/mol. The van der Waals surface area contributed by atoms with Gasteiger partial charge in [-0.3, -0.25) is 9.59 Å². The molecule has 0 spiro atoms. The highest BCUT2D eigenvalue weighted by atomic mass is 32.2. The van der Waals surface area contributed by atoms with Gasteiger partial charge in [0.05, 0.1) is 12.2 Å². The van der Waals surface area contributed by atoms with Gasteiger partial charge in [0.25, 0.3) is 5.24 Å². The van der Waals surface area contributed by atoms with E-state index >= 15 is 0 Å². The number of thioether (sulfide) groups is 1. The third-order valence-corrected chi connectivity index (χ3v) is 5.08. The quantitative estimate of drug-likeness (QED) is 0.750. The molecule has 1 aliphatic rings. The number of nitrogens with two attached hydrogens (primary N) is 1. The molecule has 0 atom stereocenters. The highest BCUT2D eigenvalue weighted by molar-refractivity contribution is 8.13. The van der Waals surface area contributed by atoms with E-state index in [9.17, 15) is 19.6 Å². The molecular formula is C14H15N3O5S2. The molecule has 1 aliphatic heterocycles. The summed E-state index contributed by atoms with van der Waals surface area (Å²) in [5.74, 6) is -0.596. The number of carbonyl (C=O) groups is 3. The van der Waals surface area contributed by atoms with E-state index in [2.05, 4.69) is 0 Å². The molecule has 0 aromatic carbocycles. The Hall–Kier alpha value is -2.25. The number of esters is 2. The van der Waals surface area contributed by atoms with Crippen molar-refractivity contribution in [1.29, 1.82) is 5.26 Å². The van der Waals surface area contributed by atoms with Crippen LogP contribution in [0.15, 0.2) is 0 Å². The fourth-order valence-corrected chi connectivity index (χ4v) is 3.77. The van der Waals surface area contributed by atoms with Crippen LogP contribution in [-0.4, -0.2) is 47.5 Å². The minimum absolute atomic E-state index is 0.101. The van der Waals surface area contributed by atoms with E-state index in [1.165, 1.54) is 4.90 Å². The Morgan fingerprint density at radius 2 is 2.17 bits per heavy atom. The molecule has 1 saturated heterocycles. The van der Waals surface area contributed by atoms with Gasteiger partial charge in [-0.2, -0.15) is 5.26 Å². The Morgan fingerprint density at radius 3 is 2.75 bits per heavy atom. The fraction of sp³-hybridized carbons (Fsp3) is 0.429. The van der Waals surface area contributed by atoms with Crippen LogP contribution in [0.1, 0.15) is 27.7 Å². The summed E-state index contributed by atoms with van der Waals surface area (Å²) in [5, 5.41) is 9.18. The number of anilines is 1. The van der Waals surface area contributed by atoms with Crippen molar-refractivity contribution in [3.05, 3.63) is 16.0 Å². The van der Waals surface area contributed by atoms with Crippen molar-refractivity contribution in [2.75, 3.05) is 31.2 Å². The van der Waals surface area contributed by atoms with Gasteiger partial charge in [0.1, 0.15) is 29.1 Å². The van der Waals surface area contributed by atoms with Crippen molar-refractivity contribution in [3.63, 3.8) is 0 Å². The minimum Gasteiger partial charge on any atom is -0.462 e. The molecule has 0 unspecified atom stereocenters. The molecule has 10 heteroatoms. The van der Waals surface area contributed by atoms with Crippen molar-refractivity contribution < 1.29 is 23.9 Å². The monoisotopic (exact) mass is 369 g/mol. The van der Waals surface area contributed by atoms with Crippen molar-refractivity contribution in [3.8, 4) is 6.07 Å². The third kappa shape index (κ3) is 3.98. The summed E-state index contributed by atoms with van der Waals surface area (Å²) < 4.78 is 10.0. The van der Waals surface area contributed by atoms with Crippen LogP contribution in [0.2, 0.25) is 0 Å². The van der Waals surface area contributed by atoms with E-state index in [1.807, 2.05) is 6.07 Å². The predicted octanol–water partition coefficient (Wildman–Crippen LogP) is 1.59. The molecule has 2 heterocycles. The van der Waals surface area contributed by atoms with Gasteiger partial charge in [0, 0.05) is 17.9 Å². The second kappa shape index (κ2) is 8.03. The highest BCUT2D eigenvalue weighted by Gasteiger charge is 2.26. The fourth-order valence-electron chi connectivity index (χ4n) is 2.03. The smallest absolute Gasteiger partial charge is 0.348 e. The van der Waals surface area contributed by atoms with Crippen LogP contribution >= 0.6 is 23.1 Å². The van der Waals surface area contributed by atoms with Gasteiger partial charge in [-0.25, -0.2) is 4.79 Å². The Balaban J connectivity index is 2.08. The minimum atomic E-state index is -0.618. The Kier molecular flexibility index (Phi) is 6.05. The maximum Gasteiger partial charge on any atom is 0.348 e. The number of amides is 1. The summed E-state index contributed by atoms with van der Waals surface area (Å²) in [5.41, 5.74) is 6.07. The number of carbonyl (C=O) groups excluding carboxylic acids is 3. The summed E-state index contributed by atoms with van der Waals surface area (Å²) in [6.45, 7) is 1.87. The van der Waals surface area contributed by atoms with E-state index < -0.39 is 11.9 Å². The van der Waals surface area contributed by atoms with Crippen LogP contribution in [0.5, 0.6) is 0 Å². The molecular weight excluding hydrogens is 354 g/mol. The normalized spacial score (nSPS) is 13.7. The van der Waals surface area contributed by atoms with Crippen LogP contribution in [0, 0.1) is 11.3 Å². The standard InChI is InChI=1S/C14H15N3O5S2/c1-2-21-13(19)11-9(8(5-15)12(16)24-11)7-22-10(18)6-17-3-4-23-14(17)20/h2-4,6-7,16H2,1H3. The van der Waals surface area contributed by atoms with Crippen molar-refractivity contribution in [2.24, 2.45) is 0 Å². The topological polar surface area (TPSA) is 123 Å². The lowest BCUT2D eigenvalue weighted by Gasteiger charge is -2.13. The first-order valence-corrected chi connectivity index (χ1v) is 8.83. The summed E-state index contributed by atoms with van der Waals surface area (Å²) in [6.07, 6.45) is 0. The zero-order valence-corrected chi connectivity index (χ0v) is 14.5. The molecule has 2 N–H and O–H groups in total. The molecule has 0 aliphatic carbocycles. The molecule has 24 heavy (non-hydrogen) atoms. The summed E-state index contributed by atoms with van der Waals surface area (Å²) in [7, 11) is 0. The molecule has 1 amide bonds. The van der Waals surface area contributed by atoms with Gasteiger partial charge in [-0.15, -0.1) is 11.3 Å². The first-order chi connectivity index (χ1) is 11.5. The third-order valence-electron chi connectivity index (χ3n) is 3.15. The van der Waals surface area contributed by atoms with Gasteiger partial charge in [-0.05, 0) is 6.92 Å². The Labute approximate surface area is 146 Å². The number of hydrogen-bond acceptors (Lipinski definition) is 9. The van der Waals surface area contributed by atoms with Gasteiger partial charge < -0.3 is 20.1 Å². The average molecular weight is 369 g/mol.